The summed E-state index contributed by atoms with van der Waals surface area (Å²) in [6.45, 7) is 4.88. The minimum absolute atomic E-state index is 0.931. The normalized spacial score (nSPS) is 64.9. The Hall–Kier alpha value is 0. The van der Waals surface area contributed by atoms with E-state index in [9.17, 15) is 0 Å². The third-order valence-electron chi connectivity index (χ3n) is 5.20. The van der Waals surface area contributed by atoms with Crippen molar-refractivity contribution in [3.63, 3.8) is 0 Å². The molecule has 0 saturated heterocycles. The molecule has 5 unspecified atom stereocenters. The van der Waals surface area contributed by atoms with E-state index in [1.165, 1.54) is 18.3 Å². The molecule has 0 N–H and O–H groups in total. The molecule has 0 radical (unpaired) electrons. The first-order valence-corrected chi connectivity index (χ1v) is 5.30. The van der Waals surface area contributed by atoms with Crippen molar-refractivity contribution in [1.82, 2.24) is 0 Å². The topological polar surface area (TPSA) is 0 Å². The summed E-state index contributed by atoms with van der Waals surface area (Å²) in [5.41, 5.74) is 0.931. The second-order valence-corrected chi connectivity index (χ2v) is 5.07. The van der Waals surface area contributed by atoms with Gasteiger partial charge in [-0.1, -0.05) is 20.3 Å². The zero-order chi connectivity index (χ0) is 7.64. The molecule has 0 heteroatoms. The lowest BCUT2D eigenvalue weighted by Crippen LogP contribution is -2.26. The fourth-order valence-corrected chi connectivity index (χ4v) is 4.53. The van der Waals surface area contributed by atoms with Crippen LogP contribution in [0.4, 0.5) is 0 Å². The Balaban J connectivity index is 1.89. The van der Waals surface area contributed by atoms with Gasteiger partial charge in [0.15, 0.2) is 0 Å². The van der Waals surface area contributed by atoms with Crippen molar-refractivity contribution >= 4 is 0 Å². The summed E-state index contributed by atoms with van der Waals surface area (Å²) in [6, 6.07) is 0. The molecule has 0 amide bonds. The van der Waals surface area contributed by atoms with Gasteiger partial charge in [-0.3, -0.25) is 0 Å². The molecule has 3 fully saturated rings. The standard InChI is InChI=1S/C11H18/c1-3-8-6-9-4-5-11(9)7(2)10(8)11/h7-10H,3-6H2,1-2H3. The van der Waals surface area contributed by atoms with Gasteiger partial charge in [0.1, 0.15) is 0 Å². The molecule has 11 heavy (non-hydrogen) atoms. The molecule has 3 aliphatic rings. The molecular formula is C11H18. The van der Waals surface area contributed by atoms with Gasteiger partial charge in [-0.05, 0) is 48.3 Å². The minimum atomic E-state index is 0.931. The summed E-state index contributed by atoms with van der Waals surface area (Å²) in [7, 11) is 0. The van der Waals surface area contributed by atoms with Crippen LogP contribution in [0.1, 0.15) is 39.5 Å². The van der Waals surface area contributed by atoms with Crippen molar-refractivity contribution in [1.29, 1.82) is 0 Å². The van der Waals surface area contributed by atoms with Crippen LogP contribution in [0.25, 0.3) is 0 Å². The average molecular weight is 150 g/mol. The molecule has 62 valence electrons. The van der Waals surface area contributed by atoms with Crippen molar-refractivity contribution in [2.75, 3.05) is 0 Å². The van der Waals surface area contributed by atoms with Crippen LogP contribution in [0.3, 0.4) is 0 Å². The molecule has 1 spiro atoms. The Kier molecular flexibility index (Phi) is 0.990. The average Bonchev–Trinajstić information content (AvgIpc) is 2.51. The largest absolute Gasteiger partial charge is 0.0651 e. The summed E-state index contributed by atoms with van der Waals surface area (Å²) < 4.78 is 0. The van der Waals surface area contributed by atoms with Gasteiger partial charge in [0.25, 0.3) is 0 Å². The van der Waals surface area contributed by atoms with Gasteiger partial charge in [0, 0.05) is 0 Å². The van der Waals surface area contributed by atoms with E-state index in [4.69, 9.17) is 0 Å². The van der Waals surface area contributed by atoms with Crippen LogP contribution in [0, 0.1) is 29.1 Å². The van der Waals surface area contributed by atoms with Crippen LogP contribution in [0.2, 0.25) is 0 Å². The fourth-order valence-electron chi connectivity index (χ4n) is 4.53. The summed E-state index contributed by atoms with van der Waals surface area (Å²) in [5, 5.41) is 0. The molecular weight excluding hydrogens is 132 g/mol. The van der Waals surface area contributed by atoms with Gasteiger partial charge in [0.2, 0.25) is 0 Å². The van der Waals surface area contributed by atoms with E-state index >= 15 is 0 Å². The van der Waals surface area contributed by atoms with E-state index in [-0.39, 0.29) is 0 Å². The Morgan fingerprint density at radius 1 is 1.45 bits per heavy atom. The van der Waals surface area contributed by atoms with Crippen molar-refractivity contribution < 1.29 is 0 Å². The summed E-state index contributed by atoms with van der Waals surface area (Å²) >= 11 is 0. The Morgan fingerprint density at radius 2 is 2.27 bits per heavy atom. The van der Waals surface area contributed by atoms with Gasteiger partial charge in [-0.15, -0.1) is 0 Å². The SMILES string of the molecule is CCC1CC2CCC23C(C)C13. The Labute approximate surface area is 69.4 Å². The molecule has 0 aromatic heterocycles. The smallest absolute Gasteiger partial charge is 0.0207 e. The van der Waals surface area contributed by atoms with Crippen LogP contribution in [-0.4, -0.2) is 0 Å². The summed E-state index contributed by atoms with van der Waals surface area (Å²) in [5.74, 6) is 4.58. The zero-order valence-corrected chi connectivity index (χ0v) is 7.64. The van der Waals surface area contributed by atoms with Gasteiger partial charge in [-0.2, -0.15) is 0 Å². The van der Waals surface area contributed by atoms with E-state index < -0.39 is 0 Å². The molecule has 0 heterocycles. The highest BCUT2D eigenvalue weighted by Gasteiger charge is 2.74. The van der Waals surface area contributed by atoms with E-state index in [0.29, 0.717) is 0 Å². The first-order chi connectivity index (χ1) is 5.30. The van der Waals surface area contributed by atoms with Gasteiger partial charge in [0.05, 0.1) is 0 Å². The highest BCUT2D eigenvalue weighted by Crippen LogP contribution is 2.81. The summed E-state index contributed by atoms with van der Waals surface area (Å²) in [6.07, 6.45) is 6.19. The van der Waals surface area contributed by atoms with Crippen molar-refractivity contribution in [3.05, 3.63) is 0 Å². The molecule has 0 bridgehead atoms. The highest BCUT2D eigenvalue weighted by atomic mass is 14.8. The van der Waals surface area contributed by atoms with Gasteiger partial charge in [-0.25, -0.2) is 0 Å². The van der Waals surface area contributed by atoms with Crippen LogP contribution in [-0.2, 0) is 0 Å². The zero-order valence-electron chi connectivity index (χ0n) is 7.64. The third-order valence-corrected chi connectivity index (χ3v) is 5.20. The van der Waals surface area contributed by atoms with Crippen molar-refractivity contribution in [2.45, 2.75) is 39.5 Å². The fraction of sp³-hybridized carbons (Fsp3) is 1.00. The number of hydrogen-bond acceptors (Lipinski definition) is 0. The van der Waals surface area contributed by atoms with Crippen LogP contribution < -0.4 is 0 Å². The number of rotatable bonds is 1. The van der Waals surface area contributed by atoms with Crippen LogP contribution >= 0.6 is 0 Å². The number of hydrogen-bond donors (Lipinski definition) is 0. The second-order valence-electron chi connectivity index (χ2n) is 5.07. The lowest BCUT2D eigenvalue weighted by molar-refractivity contribution is 0.142. The van der Waals surface area contributed by atoms with Crippen LogP contribution in [0.5, 0.6) is 0 Å². The maximum absolute atomic E-state index is 2.50. The molecule has 3 saturated carbocycles. The van der Waals surface area contributed by atoms with Gasteiger partial charge < -0.3 is 0 Å². The van der Waals surface area contributed by atoms with Crippen molar-refractivity contribution in [3.8, 4) is 0 Å². The maximum atomic E-state index is 2.50. The summed E-state index contributed by atoms with van der Waals surface area (Å²) in [4.78, 5) is 0. The van der Waals surface area contributed by atoms with Crippen molar-refractivity contribution in [2.24, 2.45) is 29.1 Å². The Bertz CT molecular complexity index is 196. The predicted octanol–water partition coefficient (Wildman–Crippen LogP) is 3.08. The first kappa shape index (κ1) is 6.51. The maximum Gasteiger partial charge on any atom is -0.0207 e. The molecule has 3 aliphatic carbocycles. The lowest BCUT2D eigenvalue weighted by atomic mass is 9.69. The molecule has 5 atom stereocenters. The predicted molar refractivity (Wildman–Crippen MR) is 46.2 cm³/mol. The van der Waals surface area contributed by atoms with E-state index in [2.05, 4.69) is 13.8 Å². The Morgan fingerprint density at radius 3 is 2.64 bits per heavy atom. The molecule has 0 aliphatic heterocycles. The lowest BCUT2D eigenvalue weighted by Gasteiger charge is -2.35. The first-order valence-electron chi connectivity index (χ1n) is 5.30. The van der Waals surface area contributed by atoms with Gasteiger partial charge >= 0.3 is 0 Å². The second kappa shape index (κ2) is 1.67. The third kappa shape index (κ3) is 0.494. The quantitative estimate of drug-likeness (QED) is 0.539. The van der Waals surface area contributed by atoms with E-state index in [1.54, 1.807) is 19.3 Å². The molecule has 0 aromatic carbocycles. The molecule has 0 nitrogen and oxygen atoms in total. The van der Waals surface area contributed by atoms with E-state index in [1.807, 2.05) is 0 Å². The highest BCUT2D eigenvalue weighted by molar-refractivity contribution is 5.23. The monoisotopic (exact) mass is 150 g/mol. The van der Waals surface area contributed by atoms with E-state index in [0.717, 1.165) is 17.3 Å². The minimum Gasteiger partial charge on any atom is -0.0651 e. The van der Waals surface area contributed by atoms with Crippen LogP contribution in [0.15, 0.2) is 0 Å². The molecule has 3 rings (SSSR count). The molecule has 0 aromatic rings.